The summed E-state index contributed by atoms with van der Waals surface area (Å²) in [5, 5.41) is 6.59. The molecule has 0 saturated carbocycles. The van der Waals surface area contributed by atoms with E-state index >= 15 is 0 Å². The molecule has 0 spiro atoms. The molecule has 0 radical (unpaired) electrons. The predicted octanol–water partition coefficient (Wildman–Crippen LogP) is 3.92. The zero-order chi connectivity index (χ0) is 21.4. The largest absolute Gasteiger partial charge is 0.491 e. The van der Waals surface area contributed by atoms with Gasteiger partial charge in [0.25, 0.3) is 0 Å². The molecule has 6 nitrogen and oxygen atoms in total. The zero-order valence-electron chi connectivity index (χ0n) is 18.8. The van der Waals surface area contributed by atoms with E-state index in [-0.39, 0.29) is 41.2 Å². The number of aryl methyl sites for hydroxylation is 1. The molecule has 8 heteroatoms. The molecule has 168 valence electrons. The number of guanidine groups is 1. The minimum absolute atomic E-state index is 0. The fourth-order valence-electron chi connectivity index (χ4n) is 2.54. The smallest absolute Gasteiger partial charge is 0.191 e. The lowest BCUT2D eigenvalue weighted by Gasteiger charge is -2.26. The molecule has 0 amide bonds. The van der Waals surface area contributed by atoms with E-state index in [2.05, 4.69) is 41.6 Å². The molecular weight excluding hydrogens is 501 g/mol. The summed E-state index contributed by atoms with van der Waals surface area (Å²) >= 11 is 0. The molecule has 0 fully saturated rings. The van der Waals surface area contributed by atoms with Crippen LogP contribution in [0.5, 0.6) is 5.75 Å². The lowest BCUT2D eigenvalue weighted by Crippen LogP contribution is -2.42. The first-order valence-corrected chi connectivity index (χ1v) is 11.9. The van der Waals surface area contributed by atoms with Crippen molar-refractivity contribution in [3.05, 3.63) is 29.3 Å². The van der Waals surface area contributed by atoms with Crippen LogP contribution in [0, 0.1) is 12.3 Å². The number of rotatable bonds is 10. The molecule has 0 atom stereocenters. The highest BCUT2D eigenvalue weighted by Gasteiger charge is 2.20. The Bertz CT molecular complexity index is 762. The maximum atomic E-state index is 11.4. The van der Waals surface area contributed by atoms with Gasteiger partial charge in [-0.3, -0.25) is 0 Å². The number of sulfone groups is 1. The third-order valence-electron chi connectivity index (χ3n) is 4.22. The van der Waals surface area contributed by atoms with E-state index in [0.717, 1.165) is 23.4 Å². The summed E-state index contributed by atoms with van der Waals surface area (Å²) in [7, 11) is -2.96. The van der Waals surface area contributed by atoms with Crippen molar-refractivity contribution in [1.82, 2.24) is 10.6 Å². The van der Waals surface area contributed by atoms with E-state index < -0.39 is 9.84 Å². The van der Waals surface area contributed by atoms with Crippen molar-refractivity contribution in [2.75, 3.05) is 25.1 Å². The molecule has 0 aliphatic carbocycles. The minimum atomic E-state index is -2.96. The monoisotopic (exact) mass is 539 g/mol. The van der Waals surface area contributed by atoms with Crippen molar-refractivity contribution in [3.8, 4) is 5.75 Å². The second-order valence-electron chi connectivity index (χ2n) is 8.37. The van der Waals surface area contributed by atoms with Gasteiger partial charge in [0.05, 0.1) is 18.4 Å². The Morgan fingerprint density at radius 3 is 2.45 bits per heavy atom. The van der Waals surface area contributed by atoms with Gasteiger partial charge in [0.15, 0.2) is 5.96 Å². The summed E-state index contributed by atoms with van der Waals surface area (Å²) in [6, 6.07) is 6.16. The van der Waals surface area contributed by atoms with E-state index in [9.17, 15) is 8.42 Å². The van der Waals surface area contributed by atoms with Crippen LogP contribution in [0.3, 0.4) is 0 Å². The minimum Gasteiger partial charge on any atom is -0.491 e. The maximum Gasteiger partial charge on any atom is 0.191 e. The molecule has 0 aliphatic rings. The summed E-state index contributed by atoms with van der Waals surface area (Å²) in [5.74, 6) is 1.77. The summed E-state index contributed by atoms with van der Waals surface area (Å²) in [6.07, 6.45) is 1.98. The van der Waals surface area contributed by atoms with Crippen LogP contribution in [-0.2, 0) is 16.4 Å². The van der Waals surface area contributed by atoms with E-state index in [0.29, 0.717) is 25.5 Å². The van der Waals surface area contributed by atoms with Gasteiger partial charge in [-0.05, 0) is 51.2 Å². The van der Waals surface area contributed by atoms with Crippen LogP contribution in [0.1, 0.15) is 52.2 Å². The van der Waals surface area contributed by atoms with Crippen molar-refractivity contribution >= 4 is 39.8 Å². The van der Waals surface area contributed by atoms with Crippen molar-refractivity contribution in [1.29, 1.82) is 0 Å². The van der Waals surface area contributed by atoms with Gasteiger partial charge >= 0.3 is 0 Å². The van der Waals surface area contributed by atoms with Gasteiger partial charge in [-0.15, -0.1) is 24.0 Å². The molecule has 0 saturated heterocycles. The van der Waals surface area contributed by atoms with Crippen LogP contribution >= 0.6 is 24.0 Å². The summed E-state index contributed by atoms with van der Waals surface area (Å²) in [4.78, 5) is 4.69. The number of ether oxygens (including phenoxy) is 1. The predicted molar refractivity (Wildman–Crippen MR) is 133 cm³/mol. The lowest BCUT2D eigenvalue weighted by molar-refractivity contribution is 0.240. The highest BCUT2D eigenvalue weighted by Crippen LogP contribution is 2.23. The Labute approximate surface area is 194 Å². The molecule has 0 bridgehead atoms. The number of benzene rings is 1. The first-order chi connectivity index (χ1) is 12.9. The molecule has 0 aliphatic heterocycles. The third kappa shape index (κ3) is 12.3. The van der Waals surface area contributed by atoms with Crippen LogP contribution in [-0.4, -0.2) is 45.6 Å². The van der Waals surface area contributed by atoms with E-state index in [1.165, 1.54) is 6.26 Å². The average Bonchev–Trinajstić information content (AvgIpc) is 2.56. The first kappa shape index (κ1) is 28.0. The van der Waals surface area contributed by atoms with Crippen molar-refractivity contribution < 1.29 is 13.2 Å². The fraction of sp³-hybridized carbons (Fsp3) is 0.667. The van der Waals surface area contributed by atoms with Crippen LogP contribution in [0.4, 0.5) is 0 Å². The molecule has 0 unspecified atom stereocenters. The van der Waals surface area contributed by atoms with Crippen LogP contribution in [0.2, 0.25) is 0 Å². The van der Waals surface area contributed by atoms with Crippen LogP contribution in [0.15, 0.2) is 23.2 Å². The summed E-state index contributed by atoms with van der Waals surface area (Å²) in [5.41, 5.74) is 2.03. The molecule has 0 aromatic heterocycles. The van der Waals surface area contributed by atoms with Crippen LogP contribution < -0.4 is 15.4 Å². The molecular formula is C21H38IN3O3S. The molecule has 1 aromatic rings. The Hall–Kier alpha value is -1.03. The summed E-state index contributed by atoms with van der Waals surface area (Å²) in [6.45, 7) is 14.1. The number of hydrogen-bond acceptors (Lipinski definition) is 4. The zero-order valence-corrected chi connectivity index (χ0v) is 22.0. The highest BCUT2D eigenvalue weighted by atomic mass is 127. The topological polar surface area (TPSA) is 79.8 Å². The van der Waals surface area contributed by atoms with Crippen LogP contribution in [0.25, 0.3) is 0 Å². The standard InChI is InChI=1S/C21H37N3O3S.HI/c1-8-22-20(24-15-21(5,6)11-12-28(7,25)26)23-14-18-10-9-17(4)13-19(18)27-16(2)3;/h9-10,13,16H,8,11-12,14-15H2,1-7H3,(H2,22,23,24);1H. The normalized spacial score (nSPS) is 12.5. The number of aliphatic imine (C=N–C) groups is 1. The maximum absolute atomic E-state index is 11.4. The van der Waals surface area contributed by atoms with Crippen molar-refractivity contribution in [2.24, 2.45) is 10.4 Å². The highest BCUT2D eigenvalue weighted by molar-refractivity contribution is 14.0. The molecule has 1 aromatic carbocycles. The van der Waals surface area contributed by atoms with Gasteiger partial charge in [-0.1, -0.05) is 26.0 Å². The van der Waals surface area contributed by atoms with Gasteiger partial charge in [-0.25, -0.2) is 13.4 Å². The number of nitrogens with zero attached hydrogens (tertiary/aromatic N) is 1. The average molecular weight is 540 g/mol. The van der Waals surface area contributed by atoms with Gasteiger partial charge in [-0.2, -0.15) is 0 Å². The Morgan fingerprint density at radius 2 is 1.90 bits per heavy atom. The quantitative estimate of drug-likeness (QED) is 0.268. The van der Waals surface area contributed by atoms with E-state index in [1.54, 1.807) is 0 Å². The van der Waals surface area contributed by atoms with Crippen molar-refractivity contribution in [2.45, 2.75) is 60.6 Å². The Balaban J connectivity index is 0.00000784. The Kier molecular flexibility index (Phi) is 12.2. The fourth-order valence-corrected chi connectivity index (χ4v) is 3.46. The lowest BCUT2D eigenvalue weighted by atomic mass is 9.90. The third-order valence-corrected chi connectivity index (χ3v) is 5.17. The summed E-state index contributed by atoms with van der Waals surface area (Å²) < 4.78 is 28.8. The molecule has 0 heterocycles. The second kappa shape index (κ2) is 12.6. The van der Waals surface area contributed by atoms with Gasteiger partial charge in [0.2, 0.25) is 0 Å². The van der Waals surface area contributed by atoms with Gasteiger partial charge < -0.3 is 15.4 Å². The SMILES string of the molecule is CCNC(=NCc1ccc(C)cc1OC(C)C)NCC(C)(C)CCS(C)(=O)=O.I. The first-order valence-electron chi connectivity index (χ1n) is 9.88. The Morgan fingerprint density at radius 1 is 1.24 bits per heavy atom. The van der Waals surface area contributed by atoms with Crippen molar-refractivity contribution in [3.63, 3.8) is 0 Å². The second-order valence-corrected chi connectivity index (χ2v) is 10.6. The van der Waals surface area contributed by atoms with Gasteiger partial charge in [0.1, 0.15) is 15.6 Å². The van der Waals surface area contributed by atoms with E-state index in [1.807, 2.05) is 33.8 Å². The van der Waals surface area contributed by atoms with E-state index in [4.69, 9.17) is 4.74 Å². The molecule has 29 heavy (non-hydrogen) atoms. The van der Waals surface area contributed by atoms with Gasteiger partial charge in [0, 0.05) is 24.9 Å². The number of hydrogen-bond donors (Lipinski definition) is 2. The number of halogens is 1. The number of nitrogens with one attached hydrogen (secondary N) is 2. The molecule has 2 N–H and O–H groups in total. The molecule has 1 rings (SSSR count).